The molecule has 3 aromatic carbocycles. The Balaban J connectivity index is 1.36. The minimum absolute atomic E-state index is 0.0740. The first kappa shape index (κ1) is 25.3. The monoisotopic (exact) mass is 544 g/mol. The number of esters is 1. The topological polar surface area (TPSA) is 93.7 Å². The zero-order valence-electron chi connectivity index (χ0n) is 18.3. The molecule has 0 aromatic heterocycles. The third kappa shape index (κ3) is 8.20. The van der Waals surface area contributed by atoms with Gasteiger partial charge in [-0.1, -0.05) is 27.5 Å². The molecular weight excluding hydrogens is 524 g/mol. The number of carbonyl (C=O) groups excluding carboxylic acids is 3. The van der Waals surface area contributed by atoms with Gasteiger partial charge in [-0.3, -0.25) is 14.4 Å². The van der Waals surface area contributed by atoms with Gasteiger partial charge in [0.15, 0.2) is 6.61 Å². The van der Waals surface area contributed by atoms with Crippen LogP contribution in [0.2, 0.25) is 5.02 Å². The van der Waals surface area contributed by atoms with E-state index in [-0.39, 0.29) is 18.7 Å². The molecule has 0 aliphatic heterocycles. The molecule has 0 saturated heterocycles. The Morgan fingerprint density at radius 1 is 0.824 bits per heavy atom. The molecule has 0 aliphatic rings. The third-order valence-corrected chi connectivity index (χ3v) is 5.69. The van der Waals surface area contributed by atoms with Gasteiger partial charge < -0.3 is 20.1 Å². The number of rotatable bonds is 9. The number of amides is 2. The maximum atomic E-state index is 12.1. The zero-order valence-corrected chi connectivity index (χ0v) is 20.6. The van der Waals surface area contributed by atoms with Crippen LogP contribution >= 0.6 is 27.5 Å². The molecule has 0 bridgehead atoms. The minimum Gasteiger partial charge on any atom is -0.457 e. The van der Waals surface area contributed by atoms with Gasteiger partial charge in [-0.15, -0.1) is 0 Å². The van der Waals surface area contributed by atoms with Crippen molar-refractivity contribution in [2.75, 3.05) is 17.2 Å². The highest BCUT2D eigenvalue weighted by Crippen LogP contribution is 2.24. The van der Waals surface area contributed by atoms with Crippen LogP contribution in [0.1, 0.15) is 18.4 Å². The van der Waals surface area contributed by atoms with Gasteiger partial charge in [-0.25, -0.2) is 0 Å². The van der Waals surface area contributed by atoms with Gasteiger partial charge in [0.05, 0.1) is 6.42 Å². The molecule has 0 radical (unpaired) electrons. The van der Waals surface area contributed by atoms with Gasteiger partial charge in [0, 0.05) is 27.3 Å². The molecule has 0 saturated carbocycles. The summed E-state index contributed by atoms with van der Waals surface area (Å²) in [6.45, 7) is 1.47. The molecule has 2 N–H and O–H groups in total. The standard InChI is InChI=1S/C25H22BrClN2O5/c1-16-14-19(6-11-22(16)26)29-24(31)15-33-25(32)13-12-23(30)28-18-4-9-21(10-5-18)34-20-7-2-17(27)3-8-20/h2-11,14H,12-13,15H2,1H3,(H,28,30)(H,29,31). The van der Waals surface area contributed by atoms with Crippen molar-refractivity contribution in [1.29, 1.82) is 0 Å². The van der Waals surface area contributed by atoms with E-state index in [9.17, 15) is 14.4 Å². The van der Waals surface area contributed by atoms with Crippen LogP contribution in [0.25, 0.3) is 0 Å². The van der Waals surface area contributed by atoms with Crippen molar-refractivity contribution in [3.05, 3.63) is 81.8 Å². The van der Waals surface area contributed by atoms with E-state index in [1.807, 2.05) is 13.0 Å². The lowest BCUT2D eigenvalue weighted by atomic mass is 10.2. The van der Waals surface area contributed by atoms with Crippen molar-refractivity contribution < 1.29 is 23.9 Å². The predicted molar refractivity (Wildman–Crippen MR) is 134 cm³/mol. The summed E-state index contributed by atoms with van der Waals surface area (Å²) in [5.74, 6) is -0.205. The molecule has 0 spiro atoms. The van der Waals surface area contributed by atoms with E-state index < -0.39 is 18.5 Å². The fourth-order valence-corrected chi connectivity index (χ4v) is 3.19. The van der Waals surface area contributed by atoms with Gasteiger partial charge in [-0.05, 0) is 79.2 Å². The normalized spacial score (nSPS) is 10.3. The molecule has 0 aliphatic carbocycles. The fraction of sp³-hybridized carbons (Fsp3) is 0.160. The zero-order chi connectivity index (χ0) is 24.5. The van der Waals surface area contributed by atoms with Gasteiger partial charge in [-0.2, -0.15) is 0 Å². The molecule has 0 heterocycles. The number of anilines is 2. The second kappa shape index (κ2) is 12.2. The highest BCUT2D eigenvalue weighted by atomic mass is 79.9. The van der Waals surface area contributed by atoms with Gasteiger partial charge in [0.25, 0.3) is 5.91 Å². The Kier molecular flexibility index (Phi) is 9.07. The predicted octanol–water partition coefficient (Wildman–Crippen LogP) is 6.10. The number of ether oxygens (including phenoxy) is 2. The summed E-state index contributed by atoms with van der Waals surface area (Å²) in [6, 6.07) is 19.1. The van der Waals surface area contributed by atoms with Crippen LogP contribution in [-0.4, -0.2) is 24.4 Å². The number of carbonyl (C=O) groups is 3. The summed E-state index contributed by atoms with van der Waals surface area (Å²) >= 11 is 9.24. The minimum atomic E-state index is -0.635. The largest absolute Gasteiger partial charge is 0.457 e. The van der Waals surface area contributed by atoms with Crippen LogP contribution in [0.4, 0.5) is 11.4 Å². The Bertz CT molecular complexity index is 1170. The lowest BCUT2D eigenvalue weighted by Crippen LogP contribution is -2.21. The van der Waals surface area contributed by atoms with Crippen LogP contribution in [0, 0.1) is 6.92 Å². The summed E-state index contributed by atoms with van der Waals surface area (Å²) in [4.78, 5) is 36.0. The SMILES string of the molecule is Cc1cc(NC(=O)COC(=O)CCC(=O)Nc2ccc(Oc3ccc(Cl)cc3)cc2)ccc1Br. The van der Waals surface area contributed by atoms with E-state index in [2.05, 4.69) is 26.6 Å². The van der Waals surface area contributed by atoms with Crippen LogP contribution in [0.3, 0.4) is 0 Å². The fourth-order valence-electron chi connectivity index (χ4n) is 2.82. The molecule has 176 valence electrons. The Labute approximate surface area is 210 Å². The summed E-state index contributed by atoms with van der Waals surface area (Å²) in [5.41, 5.74) is 2.13. The van der Waals surface area contributed by atoms with E-state index in [1.165, 1.54) is 0 Å². The quantitative estimate of drug-likeness (QED) is 0.317. The molecule has 34 heavy (non-hydrogen) atoms. The second-order valence-corrected chi connectivity index (χ2v) is 8.59. The lowest BCUT2D eigenvalue weighted by Gasteiger charge is -2.09. The number of halogens is 2. The van der Waals surface area contributed by atoms with Crippen molar-refractivity contribution in [3.63, 3.8) is 0 Å². The third-order valence-electron chi connectivity index (χ3n) is 4.55. The van der Waals surface area contributed by atoms with Crippen molar-refractivity contribution in [1.82, 2.24) is 0 Å². The molecule has 9 heteroatoms. The van der Waals surface area contributed by atoms with Crippen molar-refractivity contribution >= 4 is 56.7 Å². The van der Waals surface area contributed by atoms with Crippen LogP contribution < -0.4 is 15.4 Å². The Morgan fingerprint density at radius 3 is 2.06 bits per heavy atom. The molecule has 3 aromatic rings. The highest BCUT2D eigenvalue weighted by molar-refractivity contribution is 9.10. The maximum Gasteiger partial charge on any atom is 0.306 e. The summed E-state index contributed by atoms with van der Waals surface area (Å²) < 4.78 is 11.6. The lowest BCUT2D eigenvalue weighted by molar-refractivity contribution is -0.147. The van der Waals surface area contributed by atoms with Crippen molar-refractivity contribution in [2.45, 2.75) is 19.8 Å². The van der Waals surface area contributed by atoms with Crippen molar-refractivity contribution in [2.24, 2.45) is 0 Å². The average molecular weight is 546 g/mol. The smallest absolute Gasteiger partial charge is 0.306 e. The maximum absolute atomic E-state index is 12.1. The molecular formula is C25H22BrClN2O5. The molecule has 3 rings (SSSR count). The van der Waals surface area contributed by atoms with E-state index in [0.717, 1.165) is 10.0 Å². The van der Waals surface area contributed by atoms with Gasteiger partial charge >= 0.3 is 5.97 Å². The number of hydrogen-bond donors (Lipinski definition) is 2. The van der Waals surface area contributed by atoms with Crippen LogP contribution in [0.15, 0.2) is 71.2 Å². The van der Waals surface area contributed by atoms with Crippen LogP contribution in [0.5, 0.6) is 11.5 Å². The van der Waals surface area contributed by atoms with E-state index >= 15 is 0 Å². The number of hydrogen-bond acceptors (Lipinski definition) is 5. The number of benzene rings is 3. The summed E-state index contributed by atoms with van der Waals surface area (Å²) in [5, 5.41) is 5.97. The summed E-state index contributed by atoms with van der Waals surface area (Å²) in [7, 11) is 0. The first-order valence-corrected chi connectivity index (χ1v) is 11.5. The molecule has 0 atom stereocenters. The number of aryl methyl sites for hydroxylation is 1. The van der Waals surface area contributed by atoms with Crippen LogP contribution in [-0.2, 0) is 19.1 Å². The first-order valence-electron chi connectivity index (χ1n) is 10.3. The molecule has 0 unspecified atom stereocenters. The Hall–Kier alpha value is -3.36. The summed E-state index contributed by atoms with van der Waals surface area (Å²) in [6.07, 6.45) is -0.219. The van der Waals surface area contributed by atoms with Crippen molar-refractivity contribution in [3.8, 4) is 11.5 Å². The second-order valence-electron chi connectivity index (χ2n) is 7.30. The van der Waals surface area contributed by atoms with E-state index in [1.54, 1.807) is 60.7 Å². The van der Waals surface area contributed by atoms with Gasteiger partial charge in [0.1, 0.15) is 11.5 Å². The average Bonchev–Trinajstić information content (AvgIpc) is 2.81. The van der Waals surface area contributed by atoms with E-state index in [4.69, 9.17) is 21.1 Å². The highest BCUT2D eigenvalue weighted by Gasteiger charge is 2.11. The first-order chi connectivity index (χ1) is 16.3. The molecule has 7 nitrogen and oxygen atoms in total. The Morgan fingerprint density at radius 2 is 1.41 bits per heavy atom. The molecule has 0 fully saturated rings. The van der Waals surface area contributed by atoms with E-state index in [0.29, 0.717) is 27.9 Å². The molecule has 2 amide bonds. The van der Waals surface area contributed by atoms with Gasteiger partial charge in [0.2, 0.25) is 5.91 Å². The number of nitrogens with one attached hydrogen (secondary N) is 2.